The fourth-order valence-electron chi connectivity index (χ4n) is 4.16. The van der Waals surface area contributed by atoms with Crippen molar-refractivity contribution in [3.05, 3.63) is 0 Å². The first-order valence-corrected chi connectivity index (χ1v) is 8.40. The Hall–Kier alpha value is -0.610. The van der Waals surface area contributed by atoms with Gasteiger partial charge in [-0.15, -0.1) is 0 Å². The Morgan fingerprint density at radius 2 is 2.00 bits per heavy atom. The number of fused-ring (bicyclic) bond motifs is 2. The summed E-state index contributed by atoms with van der Waals surface area (Å²) < 4.78 is 5.67. The third kappa shape index (κ3) is 3.34. The number of carbonyl (C=O) groups is 1. The molecule has 0 saturated carbocycles. The van der Waals surface area contributed by atoms with Gasteiger partial charge >= 0.3 is 0 Å². The quantitative estimate of drug-likeness (QED) is 0.837. The summed E-state index contributed by atoms with van der Waals surface area (Å²) in [6.07, 6.45) is 8.29. The van der Waals surface area contributed by atoms with E-state index in [2.05, 4.69) is 12.2 Å². The van der Waals surface area contributed by atoms with Crippen molar-refractivity contribution in [2.45, 2.75) is 70.1 Å². The number of rotatable bonds is 5. The number of likely N-dealkylation sites (N-methyl/N-ethyl adjacent to an activating group) is 1. The van der Waals surface area contributed by atoms with Gasteiger partial charge < -0.3 is 15.0 Å². The molecule has 1 amide bonds. The molecule has 3 heterocycles. The molecule has 3 unspecified atom stereocenters. The average molecular weight is 280 g/mol. The molecular formula is C16H28N2O2. The normalized spacial score (nSPS) is 36.2. The maximum Gasteiger partial charge on any atom is 0.222 e. The maximum atomic E-state index is 12.5. The molecule has 0 aliphatic carbocycles. The average Bonchev–Trinajstić information content (AvgIpc) is 3.06. The first-order valence-electron chi connectivity index (χ1n) is 8.40. The molecule has 20 heavy (non-hydrogen) atoms. The molecule has 3 atom stereocenters. The number of nitrogens with one attached hydrogen (secondary N) is 1. The molecule has 4 heteroatoms. The van der Waals surface area contributed by atoms with Crippen LogP contribution in [-0.2, 0) is 9.53 Å². The molecule has 1 N–H and O–H groups in total. The second-order valence-corrected chi connectivity index (χ2v) is 6.75. The lowest BCUT2D eigenvalue weighted by Crippen LogP contribution is -2.42. The lowest BCUT2D eigenvalue weighted by molar-refractivity contribution is -0.133. The van der Waals surface area contributed by atoms with Crippen LogP contribution in [0.25, 0.3) is 0 Å². The maximum absolute atomic E-state index is 12.5. The Morgan fingerprint density at radius 3 is 2.60 bits per heavy atom. The summed E-state index contributed by atoms with van der Waals surface area (Å²) in [5.74, 6) is 0.939. The summed E-state index contributed by atoms with van der Waals surface area (Å²) in [5.41, 5.74) is 0. The number of amides is 1. The highest BCUT2D eigenvalue weighted by Gasteiger charge is 2.35. The summed E-state index contributed by atoms with van der Waals surface area (Å²) in [7, 11) is 0. The molecule has 4 nitrogen and oxygen atoms in total. The van der Waals surface area contributed by atoms with Gasteiger partial charge in [0.25, 0.3) is 0 Å². The van der Waals surface area contributed by atoms with Gasteiger partial charge in [-0.1, -0.05) is 0 Å². The van der Waals surface area contributed by atoms with E-state index in [1.54, 1.807) is 0 Å². The van der Waals surface area contributed by atoms with Crippen LogP contribution in [0.4, 0.5) is 0 Å². The zero-order valence-corrected chi connectivity index (χ0v) is 12.6. The minimum atomic E-state index is 0.281. The molecule has 114 valence electrons. The molecule has 0 aromatic carbocycles. The van der Waals surface area contributed by atoms with Crippen LogP contribution in [0.15, 0.2) is 0 Å². The Morgan fingerprint density at radius 1 is 1.25 bits per heavy atom. The summed E-state index contributed by atoms with van der Waals surface area (Å²) in [6, 6.07) is 1.36. The zero-order valence-electron chi connectivity index (χ0n) is 12.6. The van der Waals surface area contributed by atoms with Crippen molar-refractivity contribution in [2.24, 2.45) is 5.92 Å². The van der Waals surface area contributed by atoms with E-state index in [-0.39, 0.29) is 6.10 Å². The van der Waals surface area contributed by atoms with Crippen molar-refractivity contribution in [2.75, 3.05) is 19.7 Å². The lowest BCUT2D eigenvalue weighted by atomic mass is 9.89. The molecule has 3 aliphatic heterocycles. The predicted molar refractivity (Wildman–Crippen MR) is 78.5 cm³/mol. The van der Waals surface area contributed by atoms with Crippen LogP contribution in [0.2, 0.25) is 0 Å². The fourth-order valence-corrected chi connectivity index (χ4v) is 4.16. The Balaban J connectivity index is 1.48. The van der Waals surface area contributed by atoms with Gasteiger partial charge in [-0.2, -0.15) is 0 Å². The van der Waals surface area contributed by atoms with E-state index in [9.17, 15) is 4.79 Å². The molecule has 3 rings (SSSR count). The van der Waals surface area contributed by atoms with Crippen LogP contribution < -0.4 is 5.32 Å². The highest BCUT2D eigenvalue weighted by Crippen LogP contribution is 2.33. The largest absolute Gasteiger partial charge is 0.376 e. The highest BCUT2D eigenvalue weighted by molar-refractivity contribution is 5.76. The Labute approximate surface area is 122 Å². The van der Waals surface area contributed by atoms with Crippen molar-refractivity contribution >= 4 is 5.91 Å². The van der Waals surface area contributed by atoms with Crippen LogP contribution in [-0.4, -0.2) is 48.7 Å². The molecule has 3 aliphatic rings. The number of piperidine rings is 1. The number of nitrogens with zero attached hydrogens (tertiary/aromatic N) is 1. The Kier molecular flexibility index (Phi) is 4.61. The minimum Gasteiger partial charge on any atom is -0.376 e. The predicted octanol–water partition coefficient (Wildman–Crippen LogP) is 1.93. The molecule has 0 aromatic rings. The number of hydrogen-bond donors (Lipinski definition) is 1. The molecule has 2 bridgehead atoms. The summed E-state index contributed by atoms with van der Waals surface area (Å²) >= 11 is 0. The fraction of sp³-hybridized carbons (Fsp3) is 0.938. The van der Waals surface area contributed by atoms with Crippen LogP contribution in [0.3, 0.4) is 0 Å². The van der Waals surface area contributed by atoms with E-state index >= 15 is 0 Å². The molecule has 3 fully saturated rings. The molecule has 3 saturated heterocycles. The lowest BCUT2D eigenvalue weighted by Gasteiger charge is -2.31. The molecule has 0 radical (unpaired) electrons. The standard InChI is InChI=1S/C16H28N2O2/c1-2-18(11-15-4-3-7-20-15)16(19)10-12-8-13-5-6-14(9-12)17-13/h12-15,17H,2-11H2,1H3. The van der Waals surface area contributed by atoms with Gasteiger partial charge in [0.1, 0.15) is 0 Å². The van der Waals surface area contributed by atoms with Crippen molar-refractivity contribution in [3.8, 4) is 0 Å². The smallest absolute Gasteiger partial charge is 0.222 e. The molecular weight excluding hydrogens is 252 g/mol. The number of carbonyl (C=O) groups excluding carboxylic acids is 1. The second-order valence-electron chi connectivity index (χ2n) is 6.75. The van der Waals surface area contributed by atoms with E-state index in [1.165, 1.54) is 25.7 Å². The van der Waals surface area contributed by atoms with Crippen LogP contribution in [0, 0.1) is 5.92 Å². The SMILES string of the molecule is CCN(CC1CCCO1)C(=O)CC1CC2CCC(C1)N2. The van der Waals surface area contributed by atoms with Crippen LogP contribution in [0.5, 0.6) is 0 Å². The van der Waals surface area contributed by atoms with Crippen molar-refractivity contribution in [1.82, 2.24) is 10.2 Å². The van der Waals surface area contributed by atoms with E-state index < -0.39 is 0 Å². The van der Waals surface area contributed by atoms with E-state index in [0.29, 0.717) is 23.9 Å². The molecule has 0 aromatic heterocycles. The summed E-state index contributed by atoms with van der Waals surface area (Å²) in [4.78, 5) is 14.5. The zero-order chi connectivity index (χ0) is 13.9. The van der Waals surface area contributed by atoms with E-state index in [4.69, 9.17) is 4.74 Å². The van der Waals surface area contributed by atoms with Crippen molar-refractivity contribution in [1.29, 1.82) is 0 Å². The second kappa shape index (κ2) is 6.44. The van der Waals surface area contributed by atoms with Crippen molar-refractivity contribution in [3.63, 3.8) is 0 Å². The van der Waals surface area contributed by atoms with Gasteiger partial charge in [0.2, 0.25) is 5.91 Å². The monoisotopic (exact) mass is 280 g/mol. The Bertz CT molecular complexity index is 329. The number of hydrogen-bond acceptors (Lipinski definition) is 3. The van der Waals surface area contributed by atoms with Gasteiger partial charge in [0, 0.05) is 38.2 Å². The summed E-state index contributed by atoms with van der Waals surface area (Å²) in [6.45, 7) is 4.57. The first-order chi connectivity index (χ1) is 9.74. The van der Waals surface area contributed by atoms with Crippen LogP contribution in [0.1, 0.15) is 51.9 Å². The third-order valence-corrected chi connectivity index (χ3v) is 5.22. The first kappa shape index (κ1) is 14.3. The van der Waals surface area contributed by atoms with Gasteiger partial charge in [0.15, 0.2) is 0 Å². The van der Waals surface area contributed by atoms with Gasteiger partial charge in [-0.3, -0.25) is 4.79 Å². The van der Waals surface area contributed by atoms with Gasteiger partial charge in [0.05, 0.1) is 6.10 Å². The summed E-state index contributed by atoms with van der Waals surface area (Å²) in [5, 5.41) is 3.65. The number of ether oxygens (including phenoxy) is 1. The van der Waals surface area contributed by atoms with E-state index in [1.807, 2.05) is 4.90 Å². The third-order valence-electron chi connectivity index (χ3n) is 5.22. The van der Waals surface area contributed by atoms with Crippen molar-refractivity contribution < 1.29 is 9.53 Å². The topological polar surface area (TPSA) is 41.6 Å². The van der Waals surface area contributed by atoms with Gasteiger partial charge in [-0.25, -0.2) is 0 Å². The molecule has 0 spiro atoms. The van der Waals surface area contributed by atoms with E-state index in [0.717, 1.165) is 39.0 Å². The minimum absolute atomic E-state index is 0.281. The van der Waals surface area contributed by atoms with Crippen LogP contribution >= 0.6 is 0 Å². The van der Waals surface area contributed by atoms with Gasteiger partial charge in [-0.05, 0) is 51.4 Å². The highest BCUT2D eigenvalue weighted by atomic mass is 16.5.